The van der Waals surface area contributed by atoms with Gasteiger partial charge in [-0.2, -0.15) is 0 Å². The average Bonchev–Trinajstić information content (AvgIpc) is 2.62. The summed E-state index contributed by atoms with van der Waals surface area (Å²) in [7, 11) is -4.34. The van der Waals surface area contributed by atoms with E-state index in [4.69, 9.17) is 15.5 Å². The van der Waals surface area contributed by atoms with Crippen LogP contribution in [-0.2, 0) is 4.57 Å². The SMILES string of the molecule is Cc1ccc(-c2cnc(N)c(C(=O)Nc3ccc(P(=O)(O)O)cc3)n2)cc1. The zero-order valence-electron chi connectivity index (χ0n) is 14.3. The van der Waals surface area contributed by atoms with Gasteiger partial charge < -0.3 is 20.8 Å². The van der Waals surface area contributed by atoms with Crippen LogP contribution in [0.2, 0.25) is 0 Å². The van der Waals surface area contributed by atoms with Crippen LogP contribution in [-0.4, -0.2) is 25.7 Å². The van der Waals surface area contributed by atoms with Gasteiger partial charge in [0, 0.05) is 11.3 Å². The van der Waals surface area contributed by atoms with E-state index in [2.05, 4.69) is 15.3 Å². The van der Waals surface area contributed by atoms with Crippen molar-refractivity contribution in [1.82, 2.24) is 9.97 Å². The number of rotatable bonds is 4. The molecule has 0 saturated heterocycles. The third-order valence-electron chi connectivity index (χ3n) is 3.82. The number of aromatic nitrogens is 2. The molecule has 27 heavy (non-hydrogen) atoms. The lowest BCUT2D eigenvalue weighted by molar-refractivity contribution is 0.102. The highest BCUT2D eigenvalue weighted by molar-refractivity contribution is 7.60. The van der Waals surface area contributed by atoms with E-state index in [1.54, 1.807) is 0 Å². The molecule has 0 aliphatic rings. The Labute approximate surface area is 155 Å². The highest BCUT2D eigenvalue weighted by atomic mass is 31.2. The number of hydrogen-bond donors (Lipinski definition) is 4. The van der Waals surface area contributed by atoms with Gasteiger partial charge in [0.05, 0.1) is 17.2 Å². The molecule has 0 spiro atoms. The summed E-state index contributed by atoms with van der Waals surface area (Å²) >= 11 is 0. The number of nitrogens with zero attached hydrogens (tertiary/aromatic N) is 2. The summed E-state index contributed by atoms with van der Waals surface area (Å²) < 4.78 is 11.2. The topological polar surface area (TPSA) is 138 Å². The minimum absolute atomic E-state index is 0.0183. The Morgan fingerprint density at radius 2 is 1.70 bits per heavy atom. The van der Waals surface area contributed by atoms with Gasteiger partial charge in [0.2, 0.25) is 0 Å². The van der Waals surface area contributed by atoms with Crippen molar-refractivity contribution in [2.45, 2.75) is 6.92 Å². The predicted octanol–water partition coefficient (Wildman–Crippen LogP) is 2.09. The number of anilines is 2. The second kappa shape index (κ2) is 7.28. The van der Waals surface area contributed by atoms with Gasteiger partial charge in [-0.1, -0.05) is 29.8 Å². The van der Waals surface area contributed by atoms with E-state index in [0.29, 0.717) is 11.4 Å². The quantitative estimate of drug-likeness (QED) is 0.505. The fourth-order valence-electron chi connectivity index (χ4n) is 2.36. The Hall–Kier alpha value is -3.06. The fourth-order valence-corrected chi connectivity index (χ4v) is 2.90. The van der Waals surface area contributed by atoms with Crippen LogP contribution in [0.15, 0.2) is 54.7 Å². The molecule has 0 aliphatic carbocycles. The first kappa shape index (κ1) is 18.7. The van der Waals surface area contributed by atoms with E-state index in [-0.39, 0.29) is 16.8 Å². The second-order valence-electron chi connectivity index (χ2n) is 5.90. The van der Waals surface area contributed by atoms with Crippen molar-refractivity contribution in [2.75, 3.05) is 11.1 Å². The second-order valence-corrected chi connectivity index (χ2v) is 7.50. The van der Waals surface area contributed by atoms with Crippen LogP contribution in [0.1, 0.15) is 16.1 Å². The third kappa shape index (κ3) is 4.38. The summed E-state index contributed by atoms with van der Waals surface area (Å²) in [5, 5.41) is 2.45. The Balaban J connectivity index is 1.85. The van der Waals surface area contributed by atoms with E-state index in [1.807, 2.05) is 31.2 Å². The Morgan fingerprint density at radius 1 is 1.07 bits per heavy atom. The van der Waals surface area contributed by atoms with E-state index in [0.717, 1.165) is 11.1 Å². The van der Waals surface area contributed by atoms with Crippen molar-refractivity contribution in [3.63, 3.8) is 0 Å². The molecule has 5 N–H and O–H groups in total. The summed E-state index contributed by atoms with van der Waals surface area (Å²) in [6.45, 7) is 1.97. The molecule has 1 amide bonds. The van der Waals surface area contributed by atoms with E-state index < -0.39 is 13.5 Å². The monoisotopic (exact) mass is 384 g/mol. The molecule has 138 valence electrons. The van der Waals surface area contributed by atoms with Crippen LogP contribution in [0.5, 0.6) is 0 Å². The van der Waals surface area contributed by atoms with Crippen LogP contribution >= 0.6 is 7.60 Å². The van der Waals surface area contributed by atoms with Crippen molar-refractivity contribution in [3.05, 3.63) is 66.0 Å². The van der Waals surface area contributed by atoms with Gasteiger partial charge in [0.1, 0.15) is 0 Å². The van der Waals surface area contributed by atoms with Gasteiger partial charge >= 0.3 is 7.60 Å². The van der Waals surface area contributed by atoms with Crippen LogP contribution in [0.3, 0.4) is 0 Å². The molecular weight excluding hydrogens is 367 g/mol. The molecule has 1 heterocycles. The molecule has 0 aliphatic heterocycles. The zero-order chi connectivity index (χ0) is 19.6. The number of aryl methyl sites for hydroxylation is 1. The van der Waals surface area contributed by atoms with E-state index in [1.165, 1.54) is 30.5 Å². The molecule has 2 aromatic carbocycles. The van der Waals surface area contributed by atoms with Gasteiger partial charge in [-0.25, -0.2) is 9.97 Å². The summed E-state index contributed by atoms with van der Waals surface area (Å²) in [6.07, 6.45) is 1.49. The van der Waals surface area contributed by atoms with Crippen LogP contribution in [0.25, 0.3) is 11.3 Å². The van der Waals surface area contributed by atoms with Crippen molar-refractivity contribution in [2.24, 2.45) is 0 Å². The molecule has 3 aromatic rings. The van der Waals surface area contributed by atoms with Gasteiger partial charge in [-0.3, -0.25) is 9.36 Å². The number of carbonyl (C=O) groups excluding carboxylic acids is 1. The molecule has 0 fully saturated rings. The first-order valence-corrected chi connectivity index (χ1v) is 9.52. The standard InChI is InChI=1S/C18H17N4O4P/c1-11-2-4-12(5-3-11)15-10-20-17(19)16(22-15)18(23)21-13-6-8-14(9-7-13)27(24,25)26/h2-10H,1H3,(H2,19,20)(H,21,23)(H2,24,25,26). The molecule has 0 radical (unpaired) electrons. The van der Waals surface area contributed by atoms with Crippen molar-refractivity contribution < 1.29 is 19.1 Å². The molecule has 0 unspecified atom stereocenters. The number of nitrogens with two attached hydrogens (primary N) is 1. The average molecular weight is 384 g/mol. The van der Waals surface area contributed by atoms with Crippen LogP contribution in [0, 0.1) is 6.92 Å². The predicted molar refractivity (Wildman–Crippen MR) is 103 cm³/mol. The molecule has 9 heteroatoms. The lowest BCUT2D eigenvalue weighted by atomic mass is 10.1. The minimum Gasteiger partial charge on any atom is -0.382 e. The maximum atomic E-state index is 12.5. The maximum Gasteiger partial charge on any atom is 0.356 e. The maximum absolute atomic E-state index is 12.5. The summed E-state index contributed by atoms with van der Waals surface area (Å²) in [4.78, 5) is 39.1. The number of amides is 1. The Kier molecular flexibility index (Phi) is 5.05. The van der Waals surface area contributed by atoms with Gasteiger partial charge in [-0.15, -0.1) is 0 Å². The van der Waals surface area contributed by atoms with E-state index in [9.17, 15) is 9.36 Å². The highest BCUT2D eigenvalue weighted by Gasteiger charge is 2.18. The van der Waals surface area contributed by atoms with Crippen molar-refractivity contribution >= 4 is 30.3 Å². The largest absolute Gasteiger partial charge is 0.382 e. The molecule has 0 saturated carbocycles. The zero-order valence-corrected chi connectivity index (χ0v) is 15.2. The lowest BCUT2D eigenvalue weighted by Gasteiger charge is -2.09. The molecular formula is C18H17N4O4P. The first-order valence-electron chi connectivity index (χ1n) is 7.91. The summed E-state index contributed by atoms with van der Waals surface area (Å²) in [5.74, 6) is -0.590. The van der Waals surface area contributed by atoms with Crippen LogP contribution < -0.4 is 16.4 Å². The number of nitrogens with one attached hydrogen (secondary N) is 1. The number of carbonyl (C=O) groups is 1. The molecule has 3 rings (SSSR count). The number of nitrogen functional groups attached to an aromatic ring is 1. The molecule has 0 bridgehead atoms. The smallest absolute Gasteiger partial charge is 0.356 e. The third-order valence-corrected chi connectivity index (χ3v) is 4.80. The van der Waals surface area contributed by atoms with Gasteiger partial charge in [0.25, 0.3) is 5.91 Å². The minimum atomic E-state index is -4.34. The highest BCUT2D eigenvalue weighted by Crippen LogP contribution is 2.33. The molecule has 1 aromatic heterocycles. The van der Waals surface area contributed by atoms with Crippen molar-refractivity contribution in [3.8, 4) is 11.3 Å². The van der Waals surface area contributed by atoms with Gasteiger partial charge in [0.15, 0.2) is 11.5 Å². The Morgan fingerprint density at radius 3 is 2.30 bits per heavy atom. The normalized spacial score (nSPS) is 11.2. The Bertz CT molecular complexity index is 1030. The first-order chi connectivity index (χ1) is 12.7. The summed E-state index contributed by atoms with van der Waals surface area (Å²) in [6, 6.07) is 12.9. The van der Waals surface area contributed by atoms with Gasteiger partial charge in [-0.05, 0) is 31.2 Å². The molecule has 0 atom stereocenters. The number of benzene rings is 2. The van der Waals surface area contributed by atoms with E-state index >= 15 is 0 Å². The van der Waals surface area contributed by atoms with Crippen LogP contribution in [0.4, 0.5) is 11.5 Å². The summed E-state index contributed by atoms with van der Waals surface area (Å²) in [5.41, 5.74) is 8.50. The fraction of sp³-hybridized carbons (Fsp3) is 0.0556. The molecule has 8 nitrogen and oxygen atoms in total. The van der Waals surface area contributed by atoms with Crippen molar-refractivity contribution in [1.29, 1.82) is 0 Å². The lowest BCUT2D eigenvalue weighted by Crippen LogP contribution is -2.17. The number of hydrogen-bond acceptors (Lipinski definition) is 5.